The van der Waals surface area contributed by atoms with Gasteiger partial charge in [-0.05, 0) is 45.0 Å². The van der Waals surface area contributed by atoms with E-state index in [4.69, 9.17) is 9.84 Å². The number of nitrogens with zero attached hydrogens (tertiary/aromatic N) is 1. The summed E-state index contributed by atoms with van der Waals surface area (Å²) >= 11 is 0. The van der Waals surface area contributed by atoms with Gasteiger partial charge in [0.1, 0.15) is 12.4 Å². The SMILES string of the molecule is CC1(C(=O)O)CCN(CCOc2ccccc2)CC1. The van der Waals surface area contributed by atoms with Crippen molar-refractivity contribution in [2.45, 2.75) is 19.8 Å². The first-order valence-electron chi connectivity index (χ1n) is 6.74. The van der Waals surface area contributed by atoms with Gasteiger partial charge in [0, 0.05) is 6.54 Å². The zero-order valence-corrected chi connectivity index (χ0v) is 11.3. The molecule has 104 valence electrons. The lowest BCUT2D eigenvalue weighted by Crippen LogP contribution is -2.43. The quantitative estimate of drug-likeness (QED) is 0.885. The van der Waals surface area contributed by atoms with Crippen LogP contribution in [0.4, 0.5) is 0 Å². The zero-order chi connectivity index (χ0) is 13.7. The highest BCUT2D eigenvalue weighted by Gasteiger charge is 2.36. The van der Waals surface area contributed by atoms with Crippen molar-refractivity contribution in [1.82, 2.24) is 4.90 Å². The lowest BCUT2D eigenvalue weighted by Gasteiger charge is -2.36. The van der Waals surface area contributed by atoms with Crippen molar-refractivity contribution in [3.63, 3.8) is 0 Å². The third kappa shape index (κ3) is 3.70. The van der Waals surface area contributed by atoms with Gasteiger partial charge < -0.3 is 9.84 Å². The van der Waals surface area contributed by atoms with Gasteiger partial charge in [-0.3, -0.25) is 9.69 Å². The molecule has 1 aromatic rings. The van der Waals surface area contributed by atoms with E-state index < -0.39 is 11.4 Å². The average molecular weight is 263 g/mol. The third-order valence-electron chi connectivity index (χ3n) is 3.90. The molecule has 0 bridgehead atoms. The lowest BCUT2D eigenvalue weighted by molar-refractivity contribution is -0.150. The van der Waals surface area contributed by atoms with Gasteiger partial charge in [-0.2, -0.15) is 0 Å². The molecule has 0 saturated carbocycles. The Labute approximate surface area is 114 Å². The predicted octanol–water partition coefficient (Wildman–Crippen LogP) is 2.25. The highest BCUT2D eigenvalue weighted by atomic mass is 16.5. The number of carboxylic acid groups (broad SMARTS) is 1. The molecule has 0 spiro atoms. The van der Waals surface area contributed by atoms with Crippen LogP contribution >= 0.6 is 0 Å². The first kappa shape index (κ1) is 13.9. The fraction of sp³-hybridized carbons (Fsp3) is 0.533. The van der Waals surface area contributed by atoms with Gasteiger partial charge in [-0.15, -0.1) is 0 Å². The third-order valence-corrected chi connectivity index (χ3v) is 3.90. The highest BCUT2D eigenvalue weighted by molar-refractivity contribution is 5.74. The van der Waals surface area contributed by atoms with Crippen molar-refractivity contribution >= 4 is 5.97 Å². The van der Waals surface area contributed by atoms with Gasteiger partial charge in [-0.25, -0.2) is 0 Å². The van der Waals surface area contributed by atoms with Crippen LogP contribution in [0, 0.1) is 5.41 Å². The normalized spacial score (nSPS) is 19.0. The number of piperidine rings is 1. The van der Waals surface area contributed by atoms with E-state index in [9.17, 15) is 4.79 Å². The molecular weight excluding hydrogens is 242 g/mol. The number of benzene rings is 1. The van der Waals surface area contributed by atoms with Crippen LogP contribution in [0.3, 0.4) is 0 Å². The lowest BCUT2D eigenvalue weighted by atomic mass is 9.80. The molecule has 2 rings (SSSR count). The first-order valence-corrected chi connectivity index (χ1v) is 6.74. The molecular formula is C15H21NO3. The molecule has 1 aromatic carbocycles. The van der Waals surface area contributed by atoms with Crippen molar-refractivity contribution in [1.29, 1.82) is 0 Å². The van der Waals surface area contributed by atoms with Crippen LogP contribution in [0.25, 0.3) is 0 Å². The van der Waals surface area contributed by atoms with Crippen LogP contribution in [0.2, 0.25) is 0 Å². The summed E-state index contributed by atoms with van der Waals surface area (Å²) in [5.41, 5.74) is -0.545. The topological polar surface area (TPSA) is 49.8 Å². The van der Waals surface area contributed by atoms with Gasteiger partial charge in [-0.1, -0.05) is 18.2 Å². The number of ether oxygens (including phenoxy) is 1. The molecule has 0 radical (unpaired) electrons. The first-order chi connectivity index (χ1) is 9.10. The minimum atomic E-state index is -0.673. The number of carbonyl (C=O) groups is 1. The molecule has 0 unspecified atom stereocenters. The fourth-order valence-corrected chi connectivity index (χ4v) is 2.29. The van der Waals surface area contributed by atoms with Crippen molar-refractivity contribution < 1.29 is 14.6 Å². The summed E-state index contributed by atoms with van der Waals surface area (Å²) in [5, 5.41) is 9.17. The van der Waals surface area contributed by atoms with E-state index in [1.54, 1.807) is 0 Å². The molecule has 0 amide bonds. The monoisotopic (exact) mass is 263 g/mol. The minimum Gasteiger partial charge on any atom is -0.492 e. The molecule has 1 saturated heterocycles. The second-order valence-corrected chi connectivity index (χ2v) is 5.37. The molecule has 4 heteroatoms. The Morgan fingerprint density at radius 2 is 1.95 bits per heavy atom. The number of para-hydroxylation sites is 1. The number of carboxylic acids is 1. The van der Waals surface area contributed by atoms with Crippen molar-refractivity contribution in [2.75, 3.05) is 26.2 Å². The van der Waals surface area contributed by atoms with E-state index in [0.717, 1.165) is 25.4 Å². The van der Waals surface area contributed by atoms with Crippen LogP contribution in [-0.4, -0.2) is 42.2 Å². The maximum Gasteiger partial charge on any atom is 0.309 e. The second kappa shape index (κ2) is 6.06. The molecule has 1 heterocycles. The van der Waals surface area contributed by atoms with E-state index in [1.807, 2.05) is 37.3 Å². The number of hydrogen-bond acceptors (Lipinski definition) is 3. The number of aliphatic carboxylic acids is 1. The standard InChI is InChI=1S/C15H21NO3/c1-15(14(17)18)7-9-16(10-8-15)11-12-19-13-5-3-2-4-6-13/h2-6H,7-12H2,1H3,(H,17,18). The van der Waals surface area contributed by atoms with Crippen LogP contribution in [0.15, 0.2) is 30.3 Å². The number of rotatable bonds is 5. The molecule has 19 heavy (non-hydrogen) atoms. The summed E-state index contributed by atoms with van der Waals surface area (Å²) in [4.78, 5) is 13.4. The molecule has 1 aliphatic rings. The van der Waals surface area contributed by atoms with Gasteiger partial charge in [0.05, 0.1) is 5.41 Å². The van der Waals surface area contributed by atoms with E-state index in [-0.39, 0.29) is 0 Å². The highest BCUT2D eigenvalue weighted by Crippen LogP contribution is 2.30. The average Bonchev–Trinajstić information content (AvgIpc) is 2.42. The molecule has 1 aliphatic heterocycles. The van der Waals surface area contributed by atoms with Crippen molar-refractivity contribution in [3.8, 4) is 5.75 Å². The number of likely N-dealkylation sites (tertiary alicyclic amines) is 1. The van der Waals surface area contributed by atoms with Crippen molar-refractivity contribution in [3.05, 3.63) is 30.3 Å². The van der Waals surface area contributed by atoms with E-state index in [2.05, 4.69) is 4.90 Å². The summed E-state index contributed by atoms with van der Waals surface area (Å²) in [7, 11) is 0. The van der Waals surface area contributed by atoms with E-state index in [1.165, 1.54) is 0 Å². The molecule has 0 aliphatic carbocycles. The Bertz CT molecular complexity index is 411. The summed E-state index contributed by atoms with van der Waals surface area (Å²) in [6, 6.07) is 9.75. The summed E-state index contributed by atoms with van der Waals surface area (Å²) < 4.78 is 5.65. The Morgan fingerprint density at radius 1 is 1.32 bits per heavy atom. The largest absolute Gasteiger partial charge is 0.492 e. The smallest absolute Gasteiger partial charge is 0.309 e. The fourth-order valence-electron chi connectivity index (χ4n) is 2.29. The summed E-state index contributed by atoms with van der Waals surface area (Å²) in [6.07, 6.45) is 1.43. The molecule has 0 aromatic heterocycles. The Morgan fingerprint density at radius 3 is 2.53 bits per heavy atom. The zero-order valence-electron chi connectivity index (χ0n) is 11.3. The Kier molecular flexibility index (Phi) is 4.43. The maximum absolute atomic E-state index is 11.1. The minimum absolute atomic E-state index is 0.545. The van der Waals surface area contributed by atoms with Crippen LogP contribution in [0.1, 0.15) is 19.8 Å². The summed E-state index contributed by atoms with van der Waals surface area (Å²) in [6.45, 7) is 5.01. The van der Waals surface area contributed by atoms with E-state index >= 15 is 0 Å². The Hall–Kier alpha value is -1.55. The molecule has 1 fully saturated rings. The van der Waals surface area contributed by atoms with Gasteiger partial charge in [0.25, 0.3) is 0 Å². The van der Waals surface area contributed by atoms with Crippen LogP contribution in [-0.2, 0) is 4.79 Å². The molecule has 0 atom stereocenters. The van der Waals surface area contributed by atoms with Crippen LogP contribution in [0.5, 0.6) is 5.75 Å². The van der Waals surface area contributed by atoms with Crippen molar-refractivity contribution in [2.24, 2.45) is 5.41 Å². The second-order valence-electron chi connectivity index (χ2n) is 5.37. The van der Waals surface area contributed by atoms with Gasteiger partial charge in [0.2, 0.25) is 0 Å². The molecule has 4 nitrogen and oxygen atoms in total. The predicted molar refractivity (Wildman–Crippen MR) is 73.4 cm³/mol. The van der Waals surface area contributed by atoms with Gasteiger partial charge in [0.15, 0.2) is 0 Å². The van der Waals surface area contributed by atoms with Gasteiger partial charge >= 0.3 is 5.97 Å². The van der Waals surface area contributed by atoms with Crippen LogP contribution < -0.4 is 4.74 Å². The Balaban J connectivity index is 1.70. The summed E-state index contributed by atoms with van der Waals surface area (Å²) in [5.74, 6) is 0.211. The maximum atomic E-state index is 11.1. The number of hydrogen-bond donors (Lipinski definition) is 1. The molecule has 1 N–H and O–H groups in total. The van der Waals surface area contributed by atoms with E-state index in [0.29, 0.717) is 19.4 Å².